The highest BCUT2D eigenvalue weighted by Gasteiger charge is 2.30. The summed E-state index contributed by atoms with van der Waals surface area (Å²) in [6, 6.07) is 0. The van der Waals surface area contributed by atoms with Gasteiger partial charge in [0.15, 0.2) is 12.2 Å². The fourth-order valence-corrected chi connectivity index (χ4v) is 13.3. The summed E-state index contributed by atoms with van der Waals surface area (Å²) in [6.07, 6.45) is 51.4. The molecule has 0 radical (unpaired) electrons. The summed E-state index contributed by atoms with van der Waals surface area (Å²) in [4.78, 5) is 72.8. The predicted octanol–water partition coefficient (Wildman–Crippen LogP) is 22.4. The van der Waals surface area contributed by atoms with E-state index in [1.807, 2.05) is 0 Å². The van der Waals surface area contributed by atoms with Gasteiger partial charge in [0.25, 0.3) is 0 Å². The number of unbranched alkanes of at least 4 members (excludes halogenated alkanes) is 39. The van der Waals surface area contributed by atoms with Crippen molar-refractivity contribution in [3.8, 4) is 0 Å². The Morgan fingerprint density at radius 3 is 0.740 bits per heavy atom. The molecule has 0 spiro atoms. The minimum Gasteiger partial charge on any atom is -0.462 e. The second-order valence-electron chi connectivity index (χ2n) is 29.4. The number of aliphatic hydroxyl groups is 1. The molecule has 0 aliphatic carbocycles. The number of hydrogen-bond acceptors (Lipinski definition) is 15. The summed E-state index contributed by atoms with van der Waals surface area (Å²) < 4.78 is 68.6. The van der Waals surface area contributed by atoms with Crippen LogP contribution in [0.3, 0.4) is 0 Å². The van der Waals surface area contributed by atoms with Crippen LogP contribution in [0.2, 0.25) is 0 Å². The summed E-state index contributed by atoms with van der Waals surface area (Å²) in [5.41, 5.74) is 0. The minimum atomic E-state index is -4.96. The monoisotopic (exact) mass is 1410 g/mol. The molecule has 0 saturated carbocycles. The topological polar surface area (TPSA) is 237 Å². The Morgan fingerprint density at radius 2 is 0.500 bits per heavy atom. The van der Waals surface area contributed by atoms with Gasteiger partial charge in [0.05, 0.1) is 26.4 Å². The van der Waals surface area contributed by atoms with Gasteiger partial charge in [-0.25, -0.2) is 9.13 Å². The number of hydrogen-bond donors (Lipinski definition) is 3. The molecular weight excluding hydrogens is 1260 g/mol. The first-order chi connectivity index (χ1) is 46.1. The number of rotatable bonds is 74. The third-order valence-electron chi connectivity index (χ3n) is 18.2. The normalized spacial score (nSPS) is 14.4. The number of aliphatic hydroxyl groups excluding tert-OH is 1. The smallest absolute Gasteiger partial charge is 0.462 e. The first kappa shape index (κ1) is 94.1. The molecule has 0 aliphatic heterocycles. The molecule has 6 atom stereocenters. The first-order valence-corrected chi connectivity index (χ1v) is 42.7. The van der Waals surface area contributed by atoms with Crippen LogP contribution in [-0.4, -0.2) is 96.7 Å². The van der Waals surface area contributed by atoms with Gasteiger partial charge in [0, 0.05) is 25.7 Å². The molecule has 3 unspecified atom stereocenters. The number of phosphoric ester groups is 2. The molecule has 0 saturated heterocycles. The molecule has 0 heterocycles. The van der Waals surface area contributed by atoms with Crippen LogP contribution in [0.15, 0.2) is 0 Å². The Kier molecular flexibility index (Phi) is 65.0. The number of ether oxygens (including phenoxy) is 4. The fraction of sp³-hybridized carbons (Fsp3) is 0.948. The average molecular weight is 1410 g/mol. The third kappa shape index (κ3) is 69.2. The Labute approximate surface area is 588 Å². The number of phosphoric acid groups is 2. The molecule has 0 aromatic carbocycles. The summed E-state index contributed by atoms with van der Waals surface area (Å²) in [7, 11) is -9.92. The van der Waals surface area contributed by atoms with Crippen LogP contribution in [-0.2, 0) is 65.4 Å². The third-order valence-corrected chi connectivity index (χ3v) is 20.1. The molecule has 0 bridgehead atoms. The fourth-order valence-electron chi connectivity index (χ4n) is 11.7. The van der Waals surface area contributed by atoms with Crippen LogP contribution < -0.4 is 0 Å². The van der Waals surface area contributed by atoms with Crippen LogP contribution in [0, 0.1) is 23.7 Å². The van der Waals surface area contributed by atoms with E-state index in [2.05, 4.69) is 55.4 Å². The highest BCUT2D eigenvalue weighted by molar-refractivity contribution is 7.47. The van der Waals surface area contributed by atoms with E-state index in [0.29, 0.717) is 25.7 Å². The molecular formula is C77H150O17P2. The van der Waals surface area contributed by atoms with E-state index in [4.69, 9.17) is 37.0 Å². The lowest BCUT2D eigenvalue weighted by Gasteiger charge is -2.21. The van der Waals surface area contributed by atoms with Crippen LogP contribution in [0.1, 0.15) is 389 Å². The van der Waals surface area contributed by atoms with Crippen LogP contribution in [0.5, 0.6) is 0 Å². The SMILES string of the molecule is CCC(C)CCCCCCCCC(=O)OC[C@H](COP(=O)(O)OC[C@H](O)COP(=O)(O)OC[C@@H](COC(=O)CCCCCCCCCCCCC(C)C)OC(=O)CCCCCCCCCCCCCCCCCCC(C)C)OC(=O)CCCCCCCCCCCCCC(C)C. The molecule has 0 aromatic rings. The van der Waals surface area contributed by atoms with E-state index in [-0.39, 0.29) is 25.7 Å². The van der Waals surface area contributed by atoms with Gasteiger partial charge in [-0.15, -0.1) is 0 Å². The van der Waals surface area contributed by atoms with Gasteiger partial charge < -0.3 is 33.8 Å². The van der Waals surface area contributed by atoms with Crippen molar-refractivity contribution in [3.05, 3.63) is 0 Å². The van der Waals surface area contributed by atoms with Gasteiger partial charge in [-0.1, -0.05) is 338 Å². The van der Waals surface area contributed by atoms with Gasteiger partial charge in [-0.2, -0.15) is 0 Å². The minimum absolute atomic E-state index is 0.105. The maximum absolute atomic E-state index is 13.1. The zero-order chi connectivity index (χ0) is 71.0. The van der Waals surface area contributed by atoms with Gasteiger partial charge in [0.1, 0.15) is 19.3 Å². The second kappa shape index (κ2) is 66.3. The van der Waals surface area contributed by atoms with Crippen LogP contribution >= 0.6 is 15.6 Å². The van der Waals surface area contributed by atoms with E-state index in [1.165, 1.54) is 186 Å². The molecule has 0 amide bonds. The van der Waals surface area contributed by atoms with E-state index in [9.17, 15) is 43.2 Å². The van der Waals surface area contributed by atoms with Gasteiger partial charge in [-0.3, -0.25) is 37.3 Å². The second-order valence-corrected chi connectivity index (χ2v) is 32.3. The summed E-state index contributed by atoms with van der Waals surface area (Å²) >= 11 is 0. The molecule has 17 nitrogen and oxygen atoms in total. The summed E-state index contributed by atoms with van der Waals surface area (Å²) in [5, 5.41) is 10.6. The van der Waals surface area contributed by atoms with Crippen LogP contribution in [0.4, 0.5) is 0 Å². The Hall–Kier alpha value is -1.94. The van der Waals surface area contributed by atoms with Gasteiger partial charge in [-0.05, 0) is 49.4 Å². The van der Waals surface area contributed by atoms with E-state index >= 15 is 0 Å². The van der Waals surface area contributed by atoms with Crippen molar-refractivity contribution in [2.75, 3.05) is 39.6 Å². The van der Waals surface area contributed by atoms with Crippen molar-refractivity contribution in [1.29, 1.82) is 0 Å². The average Bonchev–Trinajstić information content (AvgIpc) is 2.00. The van der Waals surface area contributed by atoms with E-state index < -0.39 is 97.5 Å². The molecule has 0 aliphatic rings. The maximum atomic E-state index is 13.1. The number of esters is 4. The van der Waals surface area contributed by atoms with Crippen LogP contribution in [0.25, 0.3) is 0 Å². The van der Waals surface area contributed by atoms with Crippen molar-refractivity contribution in [1.82, 2.24) is 0 Å². The summed E-state index contributed by atoms with van der Waals surface area (Å²) in [6.45, 7) is 14.2. The molecule has 0 aromatic heterocycles. The zero-order valence-corrected chi connectivity index (χ0v) is 64.8. The lowest BCUT2D eigenvalue weighted by Crippen LogP contribution is -2.30. The standard InChI is InChI=1S/C77H150O17P2/c1-9-70(8)56-48-40-35-36-42-50-58-75(80)88-64-73(94-77(82)60-52-44-34-28-20-16-18-24-30-38-46-54-68(4)5)66-92-96(85,86)90-62-71(78)61-89-95(83,84)91-65-72(63-87-74(79)57-49-41-32-26-22-21-25-31-39-47-55-69(6)7)93-76(81)59-51-43-33-27-19-15-13-11-10-12-14-17-23-29-37-45-53-67(2)3/h67-73,78H,9-66H2,1-8H3,(H,83,84)(H,85,86)/t70?,71-,72-,73-/m1/s1. The molecule has 19 heteroatoms. The zero-order valence-electron chi connectivity index (χ0n) is 63.0. The lowest BCUT2D eigenvalue weighted by molar-refractivity contribution is -0.161. The lowest BCUT2D eigenvalue weighted by atomic mass is 10.00. The first-order valence-electron chi connectivity index (χ1n) is 39.7. The Bertz CT molecular complexity index is 1890. The van der Waals surface area contributed by atoms with E-state index in [0.717, 1.165) is 120 Å². The Morgan fingerprint density at radius 1 is 0.292 bits per heavy atom. The highest BCUT2D eigenvalue weighted by atomic mass is 31.2. The van der Waals surface area contributed by atoms with Crippen molar-refractivity contribution in [2.24, 2.45) is 23.7 Å². The summed E-state index contributed by atoms with van der Waals surface area (Å²) in [5.74, 6) is 0.944. The molecule has 0 rings (SSSR count). The molecule has 570 valence electrons. The van der Waals surface area contributed by atoms with Gasteiger partial charge in [0.2, 0.25) is 0 Å². The predicted molar refractivity (Wildman–Crippen MR) is 391 cm³/mol. The highest BCUT2D eigenvalue weighted by Crippen LogP contribution is 2.45. The van der Waals surface area contributed by atoms with E-state index in [1.54, 1.807) is 0 Å². The Balaban J connectivity index is 5.24. The van der Waals surface area contributed by atoms with Gasteiger partial charge >= 0.3 is 39.5 Å². The van der Waals surface area contributed by atoms with Crippen molar-refractivity contribution >= 4 is 39.5 Å². The number of carbonyl (C=O) groups is 4. The largest absolute Gasteiger partial charge is 0.472 e. The maximum Gasteiger partial charge on any atom is 0.472 e. The quantitative estimate of drug-likeness (QED) is 0.0222. The van der Waals surface area contributed by atoms with Crippen molar-refractivity contribution < 1.29 is 80.2 Å². The molecule has 0 fully saturated rings. The molecule has 96 heavy (non-hydrogen) atoms. The van der Waals surface area contributed by atoms with Crippen molar-refractivity contribution in [3.63, 3.8) is 0 Å². The molecule has 3 N–H and O–H groups in total. The number of carbonyl (C=O) groups excluding carboxylic acids is 4. The van der Waals surface area contributed by atoms with Crippen molar-refractivity contribution in [2.45, 2.75) is 408 Å².